The average Bonchev–Trinajstić information content (AvgIpc) is 2.29. The van der Waals surface area contributed by atoms with Crippen LogP contribution in [-0.2, 0) is 4.79 Å². The Balaban J connectivity index is 2.62. The molecule has 0 aliphatic rings. The molecule has 0 unspecified atom stereocenters. The van der Waals surface area contributed by atoms with Gasteiger partial charge in [-0.05, 0) is 27.7 Å². The quantitative estimate of drug-likeness (QED) is 0.707. The molecule has 0 atom stereocenters. The highest BCUT2D eigenvalue weighted by Crippen LogP contribution is 2.17. The van der Waals surface area contributed by atoms with Crippen molar-refractivity contribution in [2.24, 2.45) is 0 Å². The third-order valence-corrected chi connectivity index (χ3v) is 2.29. The number of nitrogens with zero attached hydrogens (tertiary/aromatic N) is 2. The van der Waals surface area contributed by atoms with Gasteiger partial charge in [0.15, 0.2) is 0 Å². The first-order valence-corrected chi connectivity index (χ1v) is 6.13. The predicted molar refractivity (Wildman–Crippen MR) is 72.7 cm³/mol. The minimum Gasteiger partial charge on any atom is -0.370 e. The fourth-order valence-corrected chi connectivity index (χ4v) is 1.51. The average molecular weight is 251 g/mol. The van der Waals surface area contributed by atoms with Crippen LogP contribution in [0.1, 0.15) is 26.3 Å². The van der Waals surface area contributed by atoms with Gasteiger partial charge < -0.3 is 16.0 Å². The summed E-state index contributed by atoms with van der Waals surface area (Å²) in [6.07, 6.45) is 1.48. The van der Waals surface area contributed by atoms with E-state index in [0.717, 1.165) is 17.9 Å². The lowest BCUT2D eigenvalue weighted by atomic mass is 10.3. The van der Waals surface area contributed by atoms with Crippen LogP contribution in [0.5, 0.6) is 0 Å². The summed E-state index contributed by atoms with van der Waals surface area (Å²) in [7, 11) is 0. The van der Waals surface area contributed by atoms with Crippen molar-refractivity contribution in [3.8, 4) is 0 Å². The molecule has 0 radical (unpaired) electrons. The highest BCUT2D eigenvalue weighted by molar-refractivity contribution is 5.81. The van der Waals surface area contributed by atoms with Gasteiger partial charge in [-0.2, -0.15) is 0 Å². The summed E-state index contributed by atoms with van der Waals surface area (Å²) < 4.78 is 0. The Morgan fingerprint density at radius 3 is 2.44 bits per heavy atom. The molecular weight excluding hydrogens is 230 g/mol. The summed E-state index contributed by atoms with van der Waals surface area (Å²) in [4.78, 5) is 19.8. The van der Waals surface area contributed by atoms with Crippen molar-refractivity contribution < 1.29 is 4.79 Å². The highest BCUT2D eigenvalue weighted by Gasteiger charge is 2.08. The first kappa shape index (κ1) is 14.2. The van der Waals surface area contributed by atoms with Crippen LogP contribution in [0, 0.1) is 6.92 Å². The predicted octanol–water partition coefficient (Wildman–Crippen LogP) is 1.15. The number of carbonyl (C=O) groups is 1. The number of aromatic nitrogens is 2. The van der Waals surface area contributed by atoms with Gasteiger partial charge in [-0.15, -0.1) is 0 Å². The molecule has 1 amide bonds. The van der Waals surface area contributed by atoms with Gasteiger partial charge in [0.1, 0.15) is 18.0 Å². The fraction of sp³-hybridized carbons (Fsp3) is 0.583. The number of hydrogen-bond donors (Lipinski definition) is 3. The molecule has 6 nitrogen and oxygen atoms in total. The van der Waals surface area contributed by atoms with Crippen molar-refractivity contribution in [3.63, 3.8) is 0 Å². The van der Waals surface area contributed by atoms with Crippen LogP contribution >= 0.6 is 0 Å². The van der Waals surface area contributed by atoms with Gasteiger partial charge in [0, 0.05) is 18.2 Å². The molecule has 0 bridgehead atoms. The molecule has 0 aromatic carbocycles. The zero-order valence-electron chi connectivity index (χ0n) is 11.4. The first-order chi connectivity index (χ1) is 8.54. The Kier molecular flexibility index (Phi) is 5.35. The van der Waals surface area contributed by atoms with Crippen molar-refractivity contribution in [1.82, 2.24) is 15.3 Å². The van der Waals surface area contributed by atoms with Gasteiger partial charge in [0.05, 0.1) is 6.54 Å². The zero-order chi connectivity index (χ0) is 13.5. The summed E-state index contributed by atoms with van der Waals surface area (Å²) >= 11 is 0. The maximum absolute atomic E-state index is 11.5. The molecule has 0 fully saturated rings. The van der Waals surface area contributed by atoms with E-state index in [9.17, 15) is 4.79 Å². The van der Waals surface area contributed by atoms with E-state index in [1.165, 1.54) is 6.33 Å². The van der Waals surface area contributed by atoms with Crippen molar-refractivity contribution >= 4 is 17.5 Å². The van der Waals surface area contributed by atoms with E-state index >= 15 is 0 Å². The van der Waals surface area contributed by atoms with Gasteiger partial charge in [-0.1, -0.05) is 0 Å². The van der Waals surface area contributed by atoms with Gasteiger partial charge in [-0.25, -0.2) is 9.97 Å². The van der Waals surface area contributed by atoms with E-state index < -0.39 is 0 Å². The van der Waals surface area contributed by atoms with Crippen LogP contribution in [0.25, 0.3) is 0 Å². The number of amides is 1. The summed E-state index contributed by atoms with van der Waals surface area (Å²) in [5, 5.41) is 8.97. The molecule has 0 saturated carbocycles. The second-order valence-electron chi connectivity index (χ2n) is 4.30. The zero-order valence-corrected chi connectivity index (χ0v) is 11.4. The minimum atomic E-state index is -0.0481. The third kappa shape index (κ3) is 4.20. The smallest absolute Gasteiger partial charge is 0.239 e. The highest BCUT2D eigenvalue weighted by atomic mass is 16.1. The van der Waals surface area contributed by atoms with Crippen LogP contribution in [-0.4, -0.2) is 35.0 Å². The molecule has 0 aliphatic heterocycles. The summed E-state index contributed by atoms with van der Waals surface area (Å²) in [5.41, 5.74) is 0.914. The molecule has 1 aromatic heterocycles. The Labute approximate surface area is 108 Å². The Bertz CT molecular complexity index is 405. The monoisotopic (exact) mass is 251 g/mol. The standard InChI is InChI=1S/C12H21N5O/c1-5-13-11-9(4)12(16-7-15-11)14-6-10(18)17-8(2)3/h7-8H,5-6H2,1-4H3,(H,17,18)(H2,13,14,15,16). The largest absolute Gasteiger partial charge is 0.370 e. The second-order valence-corrected chi connectivity index (χ2v) is 4.30. The molecule has 1 rings (SSSR count). The minimum absolute atomic E-state index is 0.0481. The van der Waals surface area contributed by atoms with Crippen LogP contribution in [0.15, 0.2) is 6.33 Å². The fourth-order valence-electron chi connectivity index (χ4n) is 1.51. The van der Waals surface area contributed by atoms with E-state index in [-0.39, 0.29) is 18.5 Å². The van der Waals surface area contributed by atoms with E-state index in [1.54, 1.807) is 0 Å². The Morgan fingerprint density at radius 2 is 1.89 bits per heavy atom. The molecule has 0 aliphatic carbocycles. The maximum atomic E-state index is 11.5. The first-order valence-electron chi connectivity index (χ1n) is 6.13. The maximum Gasteiger partial charge on any atom is 0.239 e. The third-order valence-electron chi connectivity index (χ3n) is 2.29. The molecular formula is C12H21N5O. The summed E-state index contributed by atoms with van der Waals surface area (Å²) in [6, 6.07) is 0.142. The van der Waals surface area contributed by atoms with Crippen LogP contribution in [0.2, 0.25) is 0 Å². The summed E-state index contributed by atoms with van der Waals surface area (Å²) in [5.74, 6) is 1.42. The Hall–Kier alpha value is -1.85. The lowest BCUT2D eigenvalue weighted by molar-refractivity contribution is -0.119. The molecule has 1 heterocycles. The molecule has 6 heteroatoms. The molecule has 3 N–H and O–H groups in total. The topological polar surface area (TPSA) is 78.9 Å². The normalized spacial score (nSPS) is 10.3. The van der Waals surface area contributed by atoms with E-state index in [1.807, 2.05) is 27.7 Å². The van der Waals surface area contributed by atoms with Crippen molar-refractivity contribution in [3.05, 3.63) is 11.9 Å². The molecule has 0 saturated heterocycles. The number of anilines is 2. The Morgan fingerprint density at radius 1 is 1.28 bits per heavy atom. The SMILES string of the molecule is CCNc1ncnc(NCC(=O)NC(C)C)c1C. The lowest BCUT2D eigenvalue weighted by Crippen LogP contribution is -2.35. The molecule has 1 aromatic rings. The van der Waals surface area contributed by atoms with E-state index in [2.05, 4.69) is 25.9 Å². The number of hydrogen-bond acceptors (Lipinski definition) is 5. The molecule has 100 valence electrons. The van der Waals surface area contributed by atoms with E-state index in [0.29, 0.717) is 5.82 Å². The van der Waals surface area contributed by atoms with Crippen LogP contribution < -0.4 is 16.0 Å². The van der Waals surface area contributed by atoms with Gasteiger partial charge in [0.2, 0.25) is 5.91 Å². The molecule has 18 heavy (non-hydrogen) atoms. The van der Waals surface area contributed by atoms with Gasteiger partial charge in [0.25, 0.3) is 0 Å². The number of rotatable bonds is 6. The van der Waals surface area contributed by atoms with Gasteiger partial charge in [-0.3, -0.25) is 4.79 Å². The lowest BCUT2D eigenvalue weighted by Gasteiger charge is -2.13. The van der Waals surface area contributed by atoms with Gasteiger partial charge >= 0.3 is 0 Å². The second kappa shape index (κ2) is 6.78. The van der Waals surface area contributed by atoms with Crippen LogP contribution in [0.3, 0.4) is 0 Å². The van der Waals surface area contributed by atoms with Crippen molar-refractivity contribution in [1.29, 1.82) is 0 Å². The van der Waals surface area contributed by atoms with Crippen molar-refractivity contribution in [2.75, 3.05) is 23.7 Å². The van der Waals surface area contributed by atoms with Crippen LogP contribution in [0.4, 0.5) is 11.6 Å². The summed E-state index contributed by atoms with van der Waals surface area (Å²) in [6.45, 7) is 8.78. The number of nitrogens with one attached hydrogen (secondary N) is 3. The van der Waals surface area contributed by atoms with Crippen molar-refractivity contribution in [2.45, 2.75) is 33.7 Å². The number of carbonyl (C=O) groups excluding carboxylic acids is 1. The van der Waals surface area contributed by atoms with E-state index in [4.69, 9.17) is 0 Å². The molecule has 0 spiro atoms.